The van der Waals surface area contributed by atoms with E-state index in [-0.39, 0.29) is 5.69 Å². The molecule has 1 aromatic rings. The van der Waals surface area contributed by atoms with E-state index in [0.717, 1.165) is 5.56 Å². The SMILES string of the molecule is Cc1ccc(NC(=O)N2CCC[C@H]2C(=O)N=S(C)(C)=O)c(F)c1. The number of aryl methyl sites for hydroxylation is 1. The number of nitrogens with zero attached hydrogens (tertiary/aromatic N) is 2. The summed E-state index contributed by atoms with van der Waals surface area (Å²) in [4.78, 5) is 25.7. The van der Waals surface area contributed by atoms with Gasteiger partial charge in [0.15, 0.2) is 0 Å². The highest BCUT2D eigenvalue weighted by molar-refractivity contribution is 7.92. The molecule has 2 rings (SSSR count). The molecule has 0 bridgehead atoms. The van der Waals surface area contributed by atoms with Crippen LogP contribution < -0.4 is 5.32 Å². The third kappa shape index (κ3) is 4.51. The third-order valence-electron chi connectivity index (χ3n) is 3.47. The molecular formula is C15H20FN3O3S. The Morgan fingerprint density at radius 2 is 2.09 bits per heavy atom. The molecule has 126 valence electrons. The number of likely N-dealkylation sites (tertiary alicyclic amines) is 1. The van der Waals surface area contributed by atoms with Crippen LogP contribution >= 0.6 is 0 Å². The second kappa shape index (κ2) is 6.66. The molecule has 0 aliphatic carbocycles. The van der Waals surface area contributed by atoms with Gasteiger partial charge in [0.25, 0.3) is 5.91 Å². The van der Waals surface area contributed by atoms with Crippen LogP contribution in [0.5, 0.6) is 0 Å². The van der Waals surface area contributed by atoms with Gasteiger partial charge in [-0.2, -0.15) is 4.36 Å². The van der Waals surface area contributed by atoms with Crippen LogP contribution in [-0.4, -0.2) is 46.1 Å². The van der Waals surface area contributed by atoms with Crippen LogP contribution in [0.15, 0.2) is 22.6 Å². The summed E-state index contributed by atoms with van der Waals surface area (Å²) >= 11 is 0. The lowest BCUT2D eigenvalue weighted by atomic mass is 10.2. The summed E-state index contributed by atoms with van der Waals surface area (Å²) in [5.74, 6) is -1.10. The molecule has 8 heteroatoms. The Kier molecular flexibility index (Phi) is 5.03. The zero-order valence-electron chi connectivity index (χ0n) is 13.3. The van der Waals surface area contributed by atoms with E-state index < -0.39 is 33.5 Å². The van der Waals surface area contributed by atoms with Gasteiger partial charge >= 0.3 is 6.03 Å². The first kappa shape index (κ1) is 17.4. The molecule has 1 aliphatic rings. The van der Waals surface area contributed by atoms with Crippen LogP contribution in [0.2, 0.25) is 0 Å². The van der Waals surface area contributed by atoms with Gasteiger partial charge in [-0.3, -0.25) is 4.79 Å². The maximum absolute atomic E-state index is 13.8. The Hall–Kier alpha value is -1.96. The second-order valence-electron chi connectivity index (χ2n) is 5.88. The van der Waals surface area contributed by atoms with E-state index in [9.17, 15) is 18.2 Å². The first-order valence-electron chi connectivity index (χ1n) is 7.22. The highest BCUT2D eigenvalue weighted by Crippen LogP contribution is 2.22. The van der Waals surface area contributed by atoms with Crippen molar-refractivity contribution >= 4 is 27.4 Å². The zero-order valence-corrected chi connectivity index (χ0v) is 14.2. The number of rotatable bonds is 2. The maximum atomic E-state index is 13.8. The van der Waals surface area contributed by atoms with Crippen LogP contribution in [0.4, 0.5) is 14.9 Å². The van der Waals surface area contributed by atoms with Crippen molar-refractivity contribution in [3.8, 4) is 0 Å². The minimum Gasteiger partial charge on any atom is -0.312 e. The summed E-state index contributed by atoms with van der Waals surface area (Å²) in [5, 5.41) is 2.47. The van der Waals surface area contributed by atoms with Crippen LogP contribution in [0.3, 0.4) is 0 Å². The van der Waals surface area contributed by atoms with Crippen molar-refractivity contribution in [1.29, 1.82) is 0 Å². The van der Waals surface area contributed by atoms with E-state index in [1.807, 2.05) is 0 Å². The number of nitrogens with one attached hydrogen (secondary N) is 1. The maximum Gasteiger partial charge on any atom is 0.322 e. The monoisotopic (exact) mass is 341 g/mol. The molecule has 1 saturated heterocycles. The smallest absolute Gasteiger partial charge is 0.312 e. The van der Waals surface area contributed by atoms with E-state index in [2.05, 4.69) is 9.68 Å². The average molecular weight is 341 g/mol. The summed E-state index contributed by atoms with van der Waals surface area (Å²) in [5.41, 5.74) is 0.805. The summed E-state index contributed by atoms with van der Waals surface area (Å²) in [7, 11) is -2.57. The quantitative estimate of drug-likeness (QED) is 0.897. The topological polar surface area (TPSA) is 78.8 Å². The number of amides is 3. The van der Waals surface area contributed by atoms with Crippen molar-refractivity contribution < 1.29 is 18.2 Å². The zero-order chi connectivity index (χ0) is 17.2. The predicted molar refractivity (Wildman–Crippen MR) is 87.3 cm³/mol. The van der Waals surface area contributed by atoms with Crippen LogP contribution in [0, 0.1) is 12.7 Å². The van der Waals surface area contributed by atoms with E-state index in [0.29, 0.717) is 19.4 Å². The Balaban J connectivity index is 2.15. The lowest BCUT2D eigenvalue weighted by Crippen LogP contribution is -2.42. The van der Waals surface area contributed by atoms with Crippen molar-refractivity contribution in [3.63, 3.8) is 0 Å². The van der Waals surface area contributed by atoms with Gasteiger partial charge in [0.1, 0.15) is 11.9 Å². The van der Waals surface area contributed by atoms with Crippen molar-refractivity contribution in [1.82, 2.24) is 4.90 Å². The molecule has 0 unspecified atom stereocenters. The number of halogens is 1. The molecule has 1 aromatic carbocycles. The first-order valence-corrected chi connectivity index (χ1v) is 9.55. The second-order valence-corrected chi connectivity index (χ2v) is 8.42. The standard InChI is InChI=1S/C15H20FN3O3S/c1-10-6-7-12(11(16)9-10)17-15(21)19-8-4-5-13(19)14(20)18-23(2,3)22/h6-7,9,13H,4-5,8H2,1-3H3,(H,17,21)/t13-/m0/s1. The van der Waals surface area contributed by atoms with Gasteiger partial charge in [-0.15, -0.1) is 0 Å². The minimum absolute atomic E-state index is 0.0606. The minimum atomic E-state index is -2.57. The largest absolute Gasteiger partial charge is 0.322 e. The van der Waals surface area contributed by atoms with Gasteiger partial charge in [0, 0.05) is 28.8 Å². The fraction of sp³-hybridized carbons (Fsp3) is 0.467. The van der Waals surface area contributed by atoms with E-state index in [4.69, 9.17) is 0 Å². The Morgan fingerprint density at radius 3 is 2.70 bits per heavy atom. The first-order chi connectivity index (χ1) is 10.7. The molecule has 1 fully saturated rings. The van der Waals surface area contributed by atoms with Gasteiger partial charge < -0.3 is 10.2 Å². The van der Waals surface area contributed by atoms with Crippen LogP contribution in [-0.2, 0) is 14.5 Å². The number of urea groups is 1. The van der Waals surface area contributed by atoms with Gasteiger partial charge in [-0.1, -0.05) is 6.07 Å². The summed E-state index contributed by atoms with van der Waals surface area (Å²) in [6.07, 6.45) is 3.84. The van der Waals surface area contributed by atoms with Crippen molar-refractivity contribution in [2.75, 3.05) is 24.4 Å². The highest BCUT2D eigenvalue weighted by atomic mass is 32.2. The molecule has 23 heavy (non-hydrogen) atoms. The van der Waals surface area contributed by atoms with E-state index in [1.165, 1.54) is 29.5 Å². The molecule has 0 radical (unpaired) electrons. The molecule has 1 aliphatic heterocycles. The fourth-order valence-corrected chi connectivity index (χ4v) is 3.01. The number of carbonyl (C=O) groups is 2. The average Bonchev–Trinajstić information content (AvgIpc) is 2.89. The Bertz CT molecular complexity index is 748. The number of carbonyl (C=O) groups excluding carboxylic acids is 2. The van der Waals surface area contributed by atoms with E-state index in [1.54, 1.807) is 13.0 Å². The van der Waals surface area contributed by atoms with Gasteiger partial charge in [-0.05, 0) is 37.5 Å². The van der Waals surface area contributed by atoms with Gasteiger partial charge in [0.2, 0.25) is 0 Å². The molecule has 1 N–H and O–H groups in total. The molecule has 0 spiro atoms. The number of anilines is 1. The van der Waals surface area contributed by atoms with Gasteiger partial charge in [0.05, 0.1) is 5.69 Å². The van der Waals surface area contributed by atoms with Crippen molar-refractivity contribution in [2.24, 2.45) is 4.36 Å². The highest BCUT2D eigenvalue weighted by Gasteiger charge is 2.34. The Labute approximate surface area is 135 Å². The molecule has 3 amide bonds. The van der Waals surface area contributed by atoms with Crippen molar-refractivity contribution in [3.05, 3.63) is 29.6 Å². The van der Waals surface area contributed by atoms with Crippen molar-refractivity contribution in [2.45, 2.75) is 25.8 Å². The third-order valence-corrected chi connectivity index (χ3v) is 4.09. The molecule has 6 nitrogen and oxygen atoms in total. The lowest BCUT2D eigenvalue weighted by molar-refractivity contribution is -0.121. The molecule has 1 atom stereocenters. The van der Waals surface area contributed by atoms with Crippen LogP contribution in [0.1, 0.15) is 18.4 Å². The molecular weight excluding hydrogens is 321 g/mol. The lowest BCUT2D eigenvalue weighted by Gasteiger charge is -2.22. The molecule has 1 heterocycles. The number of benzene rings is 1. The molecule has 0 aromatic heterocycles. The number of hydrogen-bond donors (Lipinski definition) is 1. The Morgan fingerprint density at radius 1 is 1.39 bits per heavy atom. The fourth-order valence-electron chi connectivity index (χ4n) is 2.45. The van der Waals surface area contributed by atoms with Gasteiger partial charge in [-0.25, -0.2) is 13.4 Å². The van der Waals surface area contributed by atoms with E-state index >= 15 is 0 Å². The van der Waals surface area contributed by atoms with Crippen LogP contribution in [0.25, 0.3) is 0 Å². The number of hydrogen-bond acceptors (Lipinski definition) is 3. The molecule has 0 saturated carbocycles. The summed E-state index contributed by atoms with van der Waals surface area (Å²) in [6.45, 7) is 2.12. The normalized spacial score (nSPS) is 17.9. The summed E-state index contributed by atoms with van der Waals surface area (Å²) < 4.78 is 29.1. The summed E-state index contributed by atoms with van der Waals surface area (Å²) in [6, 6.07) is 3.18. The predicted octanol–water partition coefficient (Wildman–Crippen LogP) is 2.38.